The number of thiazole rings is 1. The molecule has 0 saturated heterocycles. The predicted octanol–water partition coefficient (Wildman–Crippen LogP) is 4.33. The van der Waals surface area contributed by atoms with Gasteiger partial charge in [-0.25, -0.2) is 0 Å². The van der Waals surface area contributed by atoms with Crippen molar-refractivity contribution >= 4 is 22.4 Å². The van der Waals surface area contributed by atoms with Crippen LogP contribution in [0.4, 0.5) is 0 Å². The van der Waals surface area contributed by atoms with E-state index in [4.69, 9.17) is 9.47 Å². The summed E-state index contributed by atoms with van der Waals surface area (Å²) < 4.78 is 13.3. The number of rotatable bonds is 9. The van der Waals surface area contributed by atoms with E-state index in [1.165, 1.54) is 28.7 Å². The Kier molecular flexibility index (Phi) is 6.62. The first-order chi connectivity index (χ1) is 15.2. The van der Waals surface area contributed by atoms with Crippen LogP contribution in [0.25, 0.3) is 22.4 Å². The van der Waals surface area contributed by atoms with Crippen LogP contribution in [-0.4, -0.2) is 27.8 Å². The van der Waals surface area contributed by atoms with Gasteiger partial charge in [0.25, 0.3) is 5.56 Å². The summed E-state index contributed by atoms with van der Waals surface area (Å²) in [7, 11) is 0. The number of unbranched alkanes of at least 4 members (excludes halogenated alkanes) is 2. The van der Waals surface area contributed by atoms with Crippen molar-refractivity contribution in [1.82, 2.24) is 14.6 Å². The maximum Gasteiger partial charge on any atom is 0.291 e. The van der Waals surface area contributed by atoms with E-state index in [0.29, 0.717) is 21.9 Å². The molecule has 0 bridgehead atoms. The first kappa shape index (κ1) is 21.1. The van der Waals surface area contributed by atoms with E-state index in [9.17, 15) is 4.79 Å². The third kappa shape index (κ3) is 4.77. The van der Waals surface area contributed by atoms with Gasteiger partial charge in [0.15, 0.2) is 5.82 Å². The number of benzene rings is 2. The Labute approximate surface area is 184 Å². The molecule has 31 heavy (non-hydrogen) atoms. The van der Waals surface area contributed by atoms with Crippen LogP contribution in [-0.2, 0) is 0 Å². The van der Waals surface area contributed by atoms with Crippen molar-refractivity contribution in [2.75, 3.05) is 13.2 Å². The van der Waals surface area contributed by atoms with Crippen LogP contribution >= 0.6 is 11.3 Å². The molecule has 4 rings (SSSR count). The van der Waals surface area contributed by atoms with Gasteiger partial charge in [-0.3, -0.25) is 4.79 Å². The third-order valence-corrected chi connectivity index (χ3v) is 5.78. The minimum absolute atomic E-state index is 0.180. The zero-order chi connectivity index (χ0) is 21.6. The first-order valence-electron chi connectivity index (χ1n) is 10.6. The zero-order valence-electron chi connectivity index (χ0n) is 17.7. The molecule has 0 atom stereocenters. The van der Waals surface area contributed by atoms with E-state index in [1.54, 1.807) is 0 Å². The molecule has 0 N–H and O–H groups in total. The number of hydrogen-bond donors (Lipinski definition) is 0. The fraction of sp³-hybridized carbons (Fsp3) is 0.292. The van der Waals surface area contributed by atoms with Crippen molar-refractivity contribution in [2.24, 2.45) is 0 Å². The Balaban J connectivity index is 1.58. The molecule has 0 saturated carbocycles. The van der Waals surface area contributed by atoms with Gasteiger partial charge in [0.1, 0.15) is 11.5 Å². The summed E-state index contributed by atoms with van der Waals surface area (Å²) in [5, 5.41) is 4.43. The van der Waals surface area contributed by atoms with E-state index in [0.717, 1.165) is 35.7 Å². The topological polar surface area (TPSA) is 65.7 Å². The van der Waals surface area contributed by atoms with Gasteiger partial charge in [0.05, 0.1) is 17.7 Å². The molecule has 160 valence electrons. The van der Waals surface area contributed by atoms with Gasteiger partial charge in [0, 0.05) is 11.1 Å². The van der Waals surface area contributed by atoms with Crippen LogP contribution in [0.1, 0.15) is 38.7 Å². The number of fused-ring (bicyclic) bond motifs is 1. The van der Waals surface area contributed by atoms with Crippen LogP contribution in [0.2, 0.25) is 0 Å². The zero-order valence-corrected chi connectivity index (χ0v) is 18.5. The summed E-state index contributed by atoms with van der Waals surface area (Å²) in [5.74, 6) is 2.11. The minimum Gasteiger partial charge on any atom is -0.494 e. The lowest BCUT2D eigenvalue weighted by Gasteiger charge is -2.05. The third-order valence-electron chi connectivity index (χ3n) is 4.82. The van der Waals surface area contributed by atoms with Gasteiger partial charge >= 0.3 is 0 Å². The van der Waals surface area contributed by atoms with E-state index >= 15 is 0 Å². The molecule has 7 heteroatoms. The van der Waals surface area contributed by atoms with Crippen molar-refractivity contribution in [3.63, 3.8) is 0 Å². The summed E-state index contributed by atoms with van der Waals surface area (Å²) in [6, 6.07) is 15.3. The van der Waals surface area contributed by atoms with Crippen LogP contribution in [0.3, 0.4) is 0 Å². The molecule has 6 nitrogen and oxygen atoms in total. The van der Waals surface area contributed by atoms with E-state index in [2.05, 4.69) is 17.0 Å². The number of aromatic nitrogens is 3. The number of para-hydroxylation sites is 1. The lowest BCUT2D eigenvalue weighted by Crippen LogP contribution is -2.23. The van der Waals surface area contributed by atoms with Crippen molar-refractivity contribution in [2.45, 2.75) is 33.1 Å². The molecule has 0 spiro atoms. The Morgan fingerprint density at radius 2 is 1.84 bits per heavy atom. The Bertz CT molecular complexity index is 1260. The summed E-state index contributed by atoms with van der Waals surface area (Å²) in [6.07, 6.45) is 5.23. The summed E-state index contributed by atoms with van der Waals surface area (Å²) in [5.41, 5.74) is 1.53. The fourth-order valence-electron chi connectivity index (χ4n) is 3.23. The summed E-state index contributed by atoms with van der Waals surface area (Å²) >= 11 is 1.32. The lowest BCUT2D eigenvalue weighted by atomic mass is 10.2. The van der Waals surface area contributed by atoms with Crippen LogP contribution < -0.4 is 19.6 Å². The Morgan fingerprint density at radius 3 is 2.58 bits per heavy atom. The monoisotopic (exact) mass is 435 g/mol. The van der Waals surface area contributed by atoms with Crippen LogP contribution in [0.15, 0.2) is 53.3 Å². The quantitative estimate of drug-likeness (QED) is 0.366. The molecule has 2 heterocycles. The Hall–Kier alpha value is -3.19. The molecule has 0 aliphatic carbocycles. The molecule has 2 aromatic heterocycles. The van der Waals surface area contributed by atoms with Gasteiger partial charge in [-0.05, 0) is 49.8 Å². The second kappa shape index (κ2) is 9.75. The van der Waals surface area contributed by atoms with E-state index in [-0.39, 0.29) is 5.56 Å². The van der Waals surface area contributed by atoms with Crippen molar-refractivity contribution in [3.05, 3.63) is 69.0 Å². The van der Waals surface area contributed by atoms with Gasteiger partial charge in [0.2, 0.25) is 4.96 Å². The SMILES string of the molecule is CCCCCOc1ccc(-c2nc3s/c(=C\c4ccccc4OCC)c(=O)n3n2)cc1. The minimum atomic E-state index is -0.180. The maximum atomic E-state index is 12.9. The molecule has 0 amide bonds. The molecule has 0 aliphatic rings. The first-order valence-corrected chi connectivity index (χ1v) is 11.4. The van der Waals surface area contributed by atoms with Crippen LogP contribution in [0, 0.1) is 0 Å². The fourth-order valence-corrected chi connectivity index (χ4v) is 4.12. The van der Waals surface area contributed by atoms with Gasteiger partial charge in [-0.2, -0.15) is 9.50 Å². The highest BCUT2D eigenvalue weighted by Gasteiger charge is 2.12. The predicted molar refractivity (Wildman–Crippen MR) is 124 cm³/mol. The summed E-state index contributed by atoms with van der Waals surface area (Å²) in [4.78, 5) is 18.0. The number of nitrogens with zero attached hydrogens (tertiary/aromatic N) is 3. The Morgan fingerprint density at radius 1 is 1.03 bits per heavy atom. The van der Waals surface area contributed by atoms with Crippen molar-refractivity contribution in [1.29, 1.82) is 0 Å². The largest absolute Gasteiger partial charge is 0.494 e. The maximum absolute atomic E-state index is 12.9. The van der Waals surface area contributed by atoms with Gasteiger partial charge < -0.3 is 9.47 Å². The van der Waals surface area contributed by atoms with Gasteiger partial charge in [-0.1, -0.05) is 49.3 Å². The molecule has 0 fully saturated rings. The average Bonchev–Trinajstić information content (AvgIpc) is 3.33. The molecular formula is C24H25N3O3S. The summed E-state index contributed by atoms with van der Waals surface area (Å²) in [6.45, 7) is 5.39. The standard InChI is InChI=1S/C24H25N3O3S/c1-3-5-8-15-30-19-13-11-17(12-14-19)22-25-24-27(26-22)23(28)21(31-24)16-18-9-6-7-10-20(18)29-4-2/h6-7,9-14,16H,3-5,8,15H2,1-2H3/b21-16-. The van der Waals surface area contributed by atoms with Crippen molar-refractivity contribution in [3.8, 4) is 22.9 Å². The van der Waals surface area contributed by atoms with Crippen LogP contribution in [0.5, 0.6) is 11.5 Å². The van der Waals surface area contributed by atoms with Gasteiger partial charge in [-0.15, -0.1) is 5.10 Å². The average molecular weight is 436 g/mol. The molecule has 0 radical (unpaired) electrons. The molecule has 2 aromatic carbocycles. The lowest BCUT2D eigenvalue weighted by molar-refractivity contribution is 0.306. The second-order valence-corrected chi connectivity index (χ2v) is 8.11. The normalized spacial score (nSPS) is 11.9. The highest BCUT2D eigenvalue weighted by atomic mass is 32.1. The smallest absolute Gasteiger partial charge is 0.291 e. The second-order valence-electron chi connectivity index (χ2n) is 7.10. The highest BCUT2D eigenvalue weighted by Crippen LogP contribution is 2.21. The molecular weight excluding hydrogens is 410 g/mol. The highest BCUT2D eigenvalue weighted by molar-refractivity contribution is 7.15. The van der Waals surface area contributed by atoms with E-state index in [1.807, 2.05) is 61.5 Å². The number of hydrogen-bond acceptors (Lipinski definition) is 6. The molecule has 0 unspecified atom stereocenters. The number of ether oxygens (including phenoxy) is 2. The molecule has 4 aromatic rings. The molecule has 0 aliphatic heterocycles. The van der Waals surface area contributed by atoms with E-state index < -0.39 is 0 Å². The van der Waals surface area contributed by atoms with Crippen molar-refractivity contribution < 1.29 is 9.47 Å².